The quantitative estimate of drug-likeness (QED) is 0.490. The standard InChI is InChI=1S/C22H21ClFN3O5S/c1-31-20-8-6-17(11-21(20)32-2)33(29,30)27(16-5-7-19(24)18(23)10-16)14-22(28)26-13-15-4-3-9-25-12-15/h3-12H,13-14H2,1-2H3,(H,26,28). The average Bonchev–Trinajstić information content (AvgIpc) is 2.83. The number of aromatic nitrogens is 1. The highest BCUT2D eigenvalue weighted by atomic mass is 35.5. The second-order valence-electron chi connectivity index (χ2n) is 6.76. The molecule has 0 atom stereocenters. The molecule has 1 heterocycles. The van der Waals surface area contributed by atoms with Crippen molar-refractivity contribution in [3.63, 3.8) is 0 Å². The van der Waals surface area contributed by atoms with Gasteiger partial charge in [-0.05, 0) is 42.0 Å². The molecule has 0 radical (unpaired) electrons. The van der Waals surface area contributed by atoms with Gasteiger partial charge >= 0.3 is 0 Å². The zero-order chi connectivity index (χ0) is 24.0. The van der Waals surface area contributed by atoms with Crippen molar-refractivity contribution in [1.82, 2.24) is 10.3 Å². The molecule has 0 fully saturated rings. The van der Waals surface area contributed by atoms with Gasteiger partial charge in [0, 0.05) is 25.0 Å². The number of hydrogen-bond donors (Lipinski definition) is 1. The minimum Gasteiger partial charge on any atom is -0.493 e. The topological polar surface area (TPSA) is 97.8 Å². The second-order valence-corrected chi connectivity index (χ2v) is 9.03. The highest BCUT2D eigenvalue weighted by Gasteiger charge is 2.29. The normalized spacial score (nSPS) is 11.0. The summed E-state index contributed by atoms with van der Waals surface area (Å²) < 4.78 is 51.9. The summed E-state index contributed by atoms with van der Waals surface area (Å²) in [6.07, 6.45) is 3.18. The maximum Gasteiger partial charge on any atom is 0.264 e. The fourth-order valence-corrected chi connectivity index (χ4v) is 4.55. The van der Waals surface area contributed by atoms with Crippen LogP contribution in [0.5, 0.6) is 11.5 Å². The van der Waals surface area contributed by atoms with Crippen LogP contribution in [-0.4, -0.2) is 40.1 Å². The second kappa shape index (κ2) is 10.5. The lowest BCUT2D eigenvalue weighted by Gasteiger charge is -2.24. The maximum atomic E-state index is 13.7. The van der Waals surface area contributed by atoms with Crippen molar-refractivity contribution < 1.29 is 27.1 Å². The third-order valence-electron chi connectivity index (χ3n) is 4.63. The number of hydrogen-bond acceptors (Lipinski definition) is 6. The van der Waals surface area contributed by atoms with E-state index < -0.39 is 28.3 Å². The molecular formula is C22H21ClFN3O5S. The lowest BCUT2D eigenvalue weighted by Crippen LogP contribution is -2.40. The number of anilines is 1. The van der Waals surface area contributed by atoms with Gasteiger partial charge in [0.15, 0.2) is 11.5 Å². The molecule has 33 heavy (non-hydrogen) atoms. The van der Waals surface area contributed by atoms with Gasteiger partial charge in [0.25, 0.3) is 10.0 Å². The van der Waals surface area contributed by atoms with E-state index in [-0.39, 0.29) is 27.9 Å². The number of rotatable bonds is 9. The highest BCUT2D eigenvalue weighted by Crippen LogP contribution is 2.33. The molecule has 0 unspecified atom stereocenters. The van der Waals surface area contributed by atoms with Crippen LogP contribution in [0.25, 0.3) is 0 Å². The Morgan fingerprint density at radius 1 is 1.12 bits per heavy atom. The van der Waals surface area contributed by atoms with Crippen LogP contribution in [0.4, 0.5) is 10.1 Å². The molecule has 0 spiro atoms. The van der Waals surface area contributed by atoms with Crippen LogP contribution in [0, 0.1) is 5.82 Å². The number of nitrogens with one attached hydrogen (secondary N) is 1. The van der Waals surface area contributed by atoms with Gasteiger partial charge in [0.2, 0.25) is 5.91 Å². The first kappa shape index (κ1) is 24.3. The van der Waals surface area contributed by atoms with Crippen molar-refractivity contribution in [2.75, 3.05) is 25.1 Å². The van der Waals surface area contributed by atoms with E-state index in [9.17, 15) is 17.6 Å². The lowest BCUT2D eigenvalue weighted by molar-refractivity contribution is -0.119. The number of benzene rings is 2. The molecular weight excluding hydrogens is 473 g/mol. The van der Waals surface area contributed by atoms with Crippen LogP contribution in [0.15, 0.2) is 65.8 Å². The van der Waals surface area contributed by atoms with E-state index in [2.05, 4.69) is 10.3 Å². The third-order valence-corrected chi connectivity index (χ3v) is 6.69. The van der Waals surface area contributed by atoms with Crippen molar-refractivity contribution >= 4 is 33.2 Å². The summed E-state index contributed by atoms with van der Waals surface area (Å²) in [7, 11) is -1.48. The summed E-state index contributed by atoms with van der Waals surface area (Å²) in [5.74, 6) is -0.771. The van der Waals surface area contributed by atoms with Crippen LogP contribution in [-0.2, 0) is 21.4 Å². The Balaban J connectivity index is 1.95. The predicted octanol–water partition coefficient (Wildman–Crippen LogP) is 3.40. The summed E-state index contributed by atoms with van der Waals surface area (Å²) >= 11 is 5.88. The van der Waals surface area contributed by atoms with Gasteiger partial charge in [-0.1, -0.05) is 17.7 Å². The molecule has 0 saturated carbocycles. The van der Waals surface area contributed by atoms with Crippen molar-refractivity contribution in [2.45, 2.75) is 11.4 Å². The van der Waals surface area contributed by atoms with Crippen LogP contribution in [0.3, 0.4) is 0 Å². The largest absolute Gasteiger partial charge is 0.493 e. The van der Waals surface area contributed by atoms with Crippen LogP contribution >= 0.6 is 11.6 Å². The minimum atomic E-state index is -4.28. The van der Waals surface area contributed by atoms with Gasteiger partial charge in [-0.3, -0.25) is 14.1 Å². The van der Waals surface area contributed by atoms with E-state index in [1.54, 1.807) is 24.5 Å². The number of amides is 1. The van der Waals surface area contributed by atoms with E-state index in [0.29, 0.717) is 5.75 Å². The van der Waals surface area contributed by atoms with Crippen molar-refractivity contribution in [3.8, 4) is 11.5 Å². The number of ether oxygens (including phenoxy) is 2. The molecule has 1 N–H and O–H groups in total. The summed E-state index contributed by atoms with van der Waals surface area (Å²) in [6.45, 7) is -0.417. The Bertz CT molecular complexity index is 1240. The Morgan fingerprint density at radius 3 is 2.52 bits per heavy atom. The van der Waals surface area contributed by atoms with Crippen LogP contribution < -0.4 is 19.1 Å². The average molecular weight is 494 g/mol. The third kappa shape index (κ3) is 5.71. The van der Waals surface area contributed by atoms with E-state index >= 15 is 0 Å². The summed E-state index contributed by atoms with van der Waals surface area (Å²) in [5, 5.41) is 2.37. The first-order chi connectivity index (χ1) is 15.8. The molecule has 2 aromatic carbocycles. The molecule has 174 valence electrons. The smallest absolute Gasteiger partial charge is 0.264 e. The molecule has 1 amide bonds. The van der Waals surface area contributed by atoms with Gasteiger partial charge in [0.1, 0.15) is 12.4 Å². The predicted molar refractivity (Wildman–Crippen MR) is 122 cm³/mol. The Hall–Kier alpha value is -3.37. The van der Waals surface area contributed by atoms with Gasteiger partial charge in [0.05, 0.1) is 29.8 Å². The molecule has 1 aromatic heterocycles. The number of pyridine rings is 1. The lowest BCUT2D eigenvalue weighted by atomic mass is 10.3. The zero-order valence-electron chi connectivity index (χ0n) is 17.8. The Kier molecular flexibility index (Phi) is 7.72. The minimum absolute atomic E-state index is 0.0210. The van der Waals surface area contributed by atoms with Crippen LogP contribution in [0.2, 0.25) is 5.02 Å². The summed E-state index contributed by atoms with van der Waals surface area (Å²) in [6, 6.07) is 10.9. The molecule has 0 bridgehead atoms. The number of methoxy groups -OCH3 is 2. The first-order valence-electron chi connectivity index (χ1n) is 9.61. The fourth-order valence-electron chi connectivity index (χ4n) is 2.95. The molecule has 0 aliphatic heterocycles. The fraction of sp³-hybridized carbons (Fsp3) is 0.182. The van der Waals surface area contributed by atoms with E-state index in [1.807, 2.05) is 0 Å². The Labute approximate surface area is 196 Å². The van der Waals surface area contributed by atoms with Gasteiger partial charge < -0.3 is 14.8 Å². The van der Waals surface area contributed by atoms with E-state index in [4.69, 9.17) is 21.1 Å². The van der Waals surface area contributed by atoms with E-state index in [0.717, 1.165) is 22.0 Å². The van der Waals surface area contributed by atoms with Crippen molar-refractivity contribution in [2.24, 2.45) is 0 Å². The molecule has 11 heteroatoms. The molecule has 0 saturated heterocycles. The number of sulfonamides is 1. The van der Waals surface area contributed by atoms with Gasteiger partial charge in [-0.15, -0.1) is 0 Å². The maximum absolute atomic E-state index is 13.7. The molecule has 0 aliphatic rings. The summed E-state index contributed by atoms with van der Waals surface area (Å²) in [4.78, 5) is 16.5. The number of carbonyl (C=O) groups excluding carboxylic acids is 1. The number of halogens is 2. The van der Waals surface area contributed by atoms with Crippen molar-refractivity contribution in [1.29, 1.82) is 0 Å². The first-order valence-corrected chi connectivity index (χ1v) is 11.4. The number of carbonyl (C=O) groups is 1. The summed E-state index contributed by atoms with van der Waals surface area (Å²) in [5.41, 5.74) is 0.762. The van der Waals surface area contributed by atoms with E-state index in [1.165, 1.54) is 38.5 Å². The molecule has 0 aliphatic carbocycles. The zero-order valence-corrected chi connectivity index (χ0v) is 19.4. The highest BCUT2D eigenvalue weighted by molar-refractivity contribution is 7.92. The van der Waals surface area contributed by atoms with Gasteiger partial charge in [-0.2, -0.15) is 0 Å². The molecule has 8 nitrogen and oxygen atoms in total. The molecule has 3 rings (SSSR count). The van der Waals surface area contributed by atoms with Crippen molar-refractivity contribution in [3.05, 3.63) is 77.3 Å². The Morgan fingerprint density at radius 2 is 1.88 bits per heavy atom. The SMILES string of the molecule is COc1ccc(S(=O)(=O)N(CC(=O)NCc2cccnc2)c2ccc(F)c(Cl)c2)cc1OC. The van der Waals surface area contributed by atoms with Gasteiger partial charge in [-0.25, -0.2) is 12.8 Å². The molecule has 3 aromatic rings. The number of nitrogens with zero attached hydrogens (tertiary/aromatic N) is 2. The monoisotopic (exact) mass is 493 g/mol. The van der Waals surface area contributed by atoms with Crippen LogP contribution in [0.1, 0.15) is 5.56 Å².